The first-order valence-corrected chi connectivity index (χ1v) is 9.28. The molecule has 0 aliphatic heterocycles. The summed E-state index contributed by atoms with van der Waals surface area (Å²) in [6.07, 6.45) is 1.11. The predicted octanol–water partition coefficient (Wildman–Crippen LogP) is 4.60. The molecule has 1 N–H and O–H groups in total. The van der Waals surface area contributed by atoms with Gasteiger partial charge < -0.3 is 14.8 Å². The second kappa shape index (κ2) is 9.85. The van der Waals surface area contributed by atoms with Crippen molar-refractivity contribution < 1.29 is 14.3 Å². The van der Waals surface area contributed by atoms with Crippen LogP contribution in [0.4, 0.5) is 0 Å². The number of benzene rings is 2. The van der Waals surface area contributed by atoms with Crippen LogP contribution in [0.15, 0.2) is 42.5 Å². The third kappa shape index (κ3) is 5.80. The number of ether oxygens (including phenoxy) is 2. The number of carbonyl (C=O) groups is 1. The molecule has 4 nitrogen and oxygen atoms in total. The van der Waals surface area contributed by atoms with Crippen LogP contribution >= 0.6 is 0 Å². The molecule has 26 heavy (non-hydrogen) atoms. The zero-order valence-corrected chi connectivity index (χ0v) is 16.2. The van der Waals surface area contributed by atoms with Gasteiger partial charge in [0.2, 0.25) is 5.91 Å². The monoisotopic (exact) mass is 355 g/mol. The normalized spacial score (nSPS) is 11.7. The number of hydrogen-bond acceptors (Lipinski definition) is 3. The minimum absolute atomic E-state index is 0.00224. The van der Waals surface area contributed by atoms with Gasteiger partial charge in [0.25, 0.3) is 0 Å². The average Bonchev–Trinajstić information content (AvgIpc) is 2.62. The van der Waals surface area contributed by atoms with Crippen molar-refractivity contribution in [2.75, 3.05) is 13.2 Å². The smallest absolute Gasteiger partial charge is 0.220 e. The van der Waals surface area contributed by atoms with E-state index in [1.54, 1.807) is 0 Å². The van der Waals surface area contributed by atoms with E-state index < -0.39 is 0 Å². The van der Waals surface area contributed by atoms with Gasteiger partial charge in [-0.1, -0.05) is 35.9 Å². The third-order valence-electron chi connectivity index (χ3n) is 4.20. The molecule has 0 unspecified atom stereocenters. The summed E-state index contributed by atoms with van der Waals surface area (Å²) in [5.41, 5.74) is 3.39. The standard InChI is InChI=1S/C22H29NO3/c1-5-25-20-13-9-18(15-21(20)26-6-2)10-14-22(24)23-17(4)19-11-7-16(3)8-12-19/h7-9,11-13,15,17H,5-6,10,14H2,1-4H3,(H,23,24)/t17-/m1/s1. The fraction of sp³-hybridized carbons (Fsp3) is 0.409. The summed E-state index contributed by atoms with van der Waals surface area (Å²) in [4.78, 5) is 12.3. The number of amides is 1. The van der Waals surface area contributed by atoms with Crippen molar-refractivity contribution in [3.63, 3.8) is 0 Å². The summed E-state index contributed by atoms with van der Waals surface area (Å²) in [6.45, 7) is 9.13. The van der Waals surface area contributed by atoms with Crippen LogP contribution < -0.4 is 14.8 Å². The first kappa shape index (κ1) is 19.8. The van der Waals surface area contributed by atoms with Crippen LogP contribution in [0.2, 0.25) is 0 Å². The van der Waals surface area contributed by atoms with E-state index in [9.17, 15) is 4.79 Å². The molecular weight excluding hydrogens is 326 g/mol. The van der Waals surface area contributed by atoms with Crippen LogP contribution in [0.1, 0.15) is 49.9 Å². The predicted molar refractivity (Wildman–Crippen MR) is 105 cm³/mol. The van der Waals surface area contributed by atoms with E-state index in [-0.39, 0.29) is 11.9 Å². The van der Waals surface area contributed by atoms with Crippen molar-refractivity contribution in [1.82, 2.24) is 5.32 Å². The van der Waals surface area contributed by atoms with Gasteiger partial charge in [-0.05, 0) is 57.4 Å². The van der Waals surface area contributed by atoms with E-state index in [2.05, 4.69) is 36.5 Å². The Labute approximate surface area is 156 Å². The van der Waals surface area contributed by atoms with Crippen LogP contribution in [-0.2, 0) is 11.2 Å². The lowest BCUT2D eigenvalue weighted by molar-refractivity contribution is -0.121. The van der Waals surface area contributed by atoms with Gasteiger partial charge in [-0.3, -0.25) is 4.79 Å². The fourth-order valence-electron chi connectivity index (χ4n) is 2.76. The largest absolute Gasteiger partial charge is 0.490 e. The molecule has 2 aromatic rings. The highest BCUT2D eigenvalue weighted by Gasteiger charge is 2.11. The molecule has 2 rings (SSSR count). The molecule has 0 spiro atoms. The number of nitrogens with one attached hydrogen (secondary N) is 1. The summed E-state index contributed by atoms with van der Waals surface area (Å²) in [7, 11) is 0. The second-order valence-corrected chi connectivity index (χ2v) is 6.35. The summed E-state index contributed by atoms with van der Waals surface area (Å²) in [5.74, 6) is 1.53. The zero-order valence-electron chi connectivity index (χ0n) is 16.2. The van der Waals surface area contributed by atoms with Crippen molar-refractivity contribution in [3.8, 4) is 11.5 Å². The Morgan fingerprint density at radius 1 is 1.00 bits per heavy atom. The maximum absolute atomic E-state index is 12.3. The number of aryl methyl sites for hydroxylation is 2. The topological polar surface area (TPSA) is 47.6 Å². The molecule has 0 heterocycles. The lowest BCUT2D eigenvalue weighted by atomic mass is 10.1. The van der Waals surface area contributed by atoms with Crippen LogP contribution in [0, 0.1) is 6.92 Å². The highest BCUT2D eigenvalue weighted by molar-refractivity contribution is 5.76. The molecule has 0 fully saturated rings. The Hall–Kier alpha value is -2.49. The quantitative estimate of drug-likeness (QED) is 0.715. The maximum atomic E-state index is 12.3. The van der Waals surface area contributed by atoms with Gasteiger partial charge in [0.15, 0.2) is 11.5 Å². The maximum Gasteiger partial charge on any atom is 0.220 e. The molecule has 4 heteroatoms. The molecule has 2 aromatic carbocycles. The van der Waals surface area contributed by atoms with Gasteiger partial charge >= 0.3 is 0 Å². The number of carbonyl (C=O) groups excluding carboxylic acids is 1. The lowest BCUT2D eigenvalue weighted by Crippen LogP contribution is -2.26. The van der Waals surface area contributed by atoms with Crippen molar-refractivity contribution in [1.29, 1.82) is 0 Å². The zero-order chi connectivity index (χ0) is 18.9. The number of hydrogen-bond donors (Lipinski definition) is 1. The average molecular weight is 355 g/mol. The lowest BCUT2D eigenvalue weighted by Gasteiger charge is -2.15. The summed E-state index contributed by atoms with van der Waals surface area (Å²) in [6, 6.07) is 14.1. The van der Waals surface area contributed by atoms with E-state index in [0.29, 0.717) is 26.1 Å². The Balaban J connectivity index is 1.91. The molecule has 0 bridgehead atoms. The Morgan fingerprint density at radius 3 is 2.31 bits per heavy atom. The minimum Gasteiger partial charge on any atom is -0.490 e. The summed E-state index contributed by atoms with van der Waals surface area (Å²) < 4.78 is 11.2. The van der Waals surface area contributed by atoms with Gasteiger partial charge in [0, 0.05) is 6.42 Å². The highest BCUT2D eigenvalue weighted by atomic mass is 16.5. The van der Waals surface area contributed by atoms with Crippen LogP contribution in [0.25, 0.3) is 0 Å². The van der Waals surface area contributed by atoms with Crippen LogP contribution in [0.3, 0.4) is 0 Å². The van der Waals surface area contributed by atoms with Gasteiger partial charge in [0.05, 0.1) is 19.3 Å². The van der Waals surface area contributed by atoms with Crippen molar-refractivity contribution in [2.45, 2.75) is 46.6 Å². The van der Waals surface area contributed by atoms with Crippen molar-refractivity contribution in [2.24, 2.45) is 0 Å². The Kier molecular flexibility index (Phi) is 7.52. The van der Waals surface area contributed by atoms with Gasteiger partial charge in [-0.2, -0.15) is 0 Å². The fourth-order valence-corrected chi connectivity index (χ4v) is 2.76. The molecule has 140 valence electrons. The molecule has 1 amide bonds. The molecule has 1 atom stereocenters. The van der Waals surface area contributed by atoms with Gasteiger partial charge in [-0.15, -0.1) is 0 Å². The van der Waals surface area contributed by atoms with Crippen molar-refractivity contribution in [3.05, 3.63) is 59.2 Å². The van der Waals surface area contributed by atoms with Gasteiger partial charge in [0.1, 0.15) is 0 Å². The third-order valence-corrected chi connectivity index (χ3v) is 4.20. The molecule has 0 aliphatic carbocycles. The Morgan fingerprint density at radius 2 is 1.65 bits per heavy atom. The molecule has 0 saturated carbocycles. The first-order chi connectivity index (χ1) is 12.5. The molecule has 0 saturated heterocycles. The first-order valence-electron chi connectivity index (χ1n) is 9.28. The van der Waals surface area contributed by atoms with Crippen LogP contribution in [0.5, 0.6) is 11.5 Å². The Bertz CT molecular complexity index is 710. The molecule has 0 aliphatic rings. The number of rotatable bonds is 9. The second-order valence-electron chi connectivity index (χ2n) is 6.35. The summed E-state index contributed by atoms with van der Waals surface area (Å²) in [5, 5.41) is 3.06. The SMILES string of the molecule is CCOc1ccc(CCC(=O)N[C@H](C)c2ccc(C)cc2)cc1OCC. The highest BCUT2D eigenvalue weighted by Crippen LogP contribution is 2.29. The summed E-state index contributed by atoms with van der Waals surface area (Å²) >= 11 is 0. The van der Waals surface area contributed by atoms with E-state index in [1.165, 1.54) is 5.56 Å². The van der Waals surface area contributed by atoms with Crippen LogP contribution in [-0.4, -0.2) is 19.1 Å². The minimum atomic E-state index is 0.00224. The van der Waals surface area contributed by atoms with Crippen molar-refractivity contribution >= 4 is 5.91 Å². The van der Waals surface area contributed by atoms with E-state index in [1.807, 2.05) is 39.0 Å². The molecule has 0 radical (unpaired) electrons. The van der Waals surface area contributed by atoms with E-state index in [4.69, 9.17) is 9.47 Å². The molecule has 0 aromatic heterocycles. The molecular formula is C22H29NO3. The van der Waals surface area contributed by atoms with E-state index in [0.717, 1.165) is 22.6 Å². The van der Waals surface area contributed by atoms with E-state index >= 15 is 0 Å². The van der Waals surface area contributed by atoms with Gasteiger partial charge in [-0.25, -0.2) is 0 Å².